The lowest BCUT2D eigenvalue weighted by molar-refractivity contribution is -0.143. The molecule has 0 unspecified atom stereocenters. The summed E-state index contributed by atoms with van der Waals surface area (Å²) in [5.41, 5.74) is 0. The Kier molecular flexibility index (Phi) is 2.72. The molecule has 0 aliphatic carbocycles. The normalized spacial score (nSPS) is 10.6. The second-order valence-electron chi connectivity index (χ2n) is 3.11. The summed E-state index contributed by atoms with van der Waals surface area (Å²) in [7, 11) is 0. The summed E-state index contributed by atoms with van der Waals surface area (Å²) in [5, 5.41) is 0. The van der Waals surface area contributed by atoms with E-state index >= 15 is 0 Å². The molecule has 0 spiro atoms. The van der Waals surface area contributed by atoms with Crippen LogP contribution in [-0.2, 0) is 16.1 Å². The van der Waals surface area contributed by atoms with Crippen molar-refractivity contribution in [3.8, 4) is 11.6 Å². The summed E-state index contributed by atoms with van der Waals surface area (Å²) < 4.78 is 11.1. The smallest absolute Gasteiger partial charge is 0.441 e. The molecule has 6 nitrogen and oxygen atoms in total. The molecule has 0 saturated carbocycles. The van der Waals surface area contributed by atoms with Crippen LogP contribution in [0.15, 0.2) is 27.5 Å². The Hall–Kier alpha value is -2.11. The molecule has 0 saturated heterocycles. The Balaban J connectivity index is 2.31. The van der Waals surface area contributed by atoms with Crippen molar-refractivity contribution >= 4 is 5.97 Å². The number of carbonyl (C=O) groups is 1. The highest BCUT2D eigenvalue weighted by Gasteiger charge is 2.15. The average molecular weight is 222 g/mol. The van der Waals surface area contributed by atoms with Gasteiger partial charge in [-0.2, -0.15) is 4.98 Å². The van der Waals surface area contributed by atoms with Crippen LogP contribution in [0, 0.1) is 0 Å². The molecule has 0 aromatic heterocycles. The van der Waals surface area contributed by atoms with E-state index in [9.17, 15) is 9.59 Å². The molecule has 2 rings (SSSR count). The maximum Gasteiger partial charge on any atom is 0.441 e. The van der Waals surface area contributed by atoms with E-state index in [1.54, 1.807) is 25.3 Å². The van der Waals surface area contributed by atoms with Gasteiger partial charge in [-0.1, -0.05) is 0 Å². The summed E-state index contributed by atoms with van der Waals surface area (Å²) in [5.74, 6) is -0.341. The van der Waals surface area contributed by atoms with Crippen LogP contribution >= 0.6 is 0 Å². The Morgan fingerprint density at radius 3 is 3.19 bits per heavy atom. The van der Waals surface area contributed by atoms with Gasteiger partial charge < -0.3 is 13.7 Å². The molecular formula is C10H10N2O4. The van der Waals surface area contributed by atoms with Gasteiger partial charge in [0.15, 0.2) is 11.6 Å². The van der Waals surface area contributed by atoms with E-state index < -0.39 is 5.76 Å². The largest absolute Gasteiger partial charge is 0.465 e. The molecule has 0 aromatic rings. The molecule has 6 heteroatoms. The lowest BCUT2D eigenvalue weighted by Crippen LogP contribution is -2.15. The fraction of sp³-hybridized carbons (Fsp3) is 0.300. The highest BCUT2D eigenvalue weighted by Crippen LogP contribution is 2.16. The van der Waals surface area contributed by atoms with Crippen LogP contribution < -0.4 is 5.76 Å². The van der Waals surface area contributed by atoms with Crippen molar-refractivity contribution in [2.24, 2.45) is 0 Å². The molecule has 2 aliphatic heterocycles. The standard InChI is InChI=1S/C10H10N2O4/c1-2-15-8(13)6-12-5-3-4-7-9(12)11-10(14)16-7/h3-5H,2,6H2,1H3. The number of aromatic nitrogens is 2. The predicted molar refractivity (Wildman–Crippen MR) is 54.0 cm³/mol. The number of esters is 1. The molecule has 2 aliphatic rings. The molecule has 0 amide bonds. The molecular weight excluding hydrogens is 212 g/mol. The van der Waals surface area contributed by atoms with Gasteiger partial charge in [0.05, 0.1) is 6.61 Å². The number of nitrogens with zero attached hydrogens (tertiary/aromatic N) is 2. The fourth-order valence-electron chi connectivity index (χ4n) is 1.40. The van der Waals surface area contributed by atoms with Crippen molar-refractivity contribution in [1.82, 2.24) is 9.55 Å². The first-order chi connectivity index (χ1) is 7.70. The van der Waals surface area contributed by atoms with Crippen LogP contribution in [0.25, 0.3) is 11.6 Å². The lowest BCUT2D eigenvalue weighted by atomic mass is 10.3. The molecule has 0 fully saturated rings. The average Bonchev–Trinajstić information content (AvgIpc) is 2.60. The van der Waals surface area contributed by atoms with Crippen LogP contribution in [0.1, 0.15) is 6.92 Å². The van der Waals surface area contributed by atoms with Gasteiger partial charge in [0.1, 0.15) is 6.54 Å². The molecule has 0 bridgehead atoms. The zero-order valence-electron chi connectivity index (χ0n) is 8.67. The van der Waals surface area contributed by atoms with Crippen LogP contribution in [0.5, 0.6) is 0 Å². The van der Waals surface area contributed by atoms with E-state index in [-0.39, 0.29) is 12.5 Å². The van der Waals surface area contributed by atoms with Crippen LogP contribution in [-0.4, -0.2) is 22.1 Å². The summed E-state index contributed by atoms with van der Waals surface area (Å²) >= 11 is 0. The Morgan fingerprint density at radius 2 is 2.44 bits per heavy atom. The number of rotatable bonds is 3. The van der Waals surface area contributed by atoms with Crippen molar-refractivity contribution < 1.29 is 13.9 Å². The highest BCUT2D eigenvalue weighted by atomic mass is 16.5. The number of carbonyl (C=O) groups excluding carboxylic acids is 1. The zero-order valence-corrected chi connectivity index (χ0v) is 8.67. The molecule has 0 aromatic carbocycles. The van der Waals surface area contributed by atoms with E-state index in [1.165, 1.54) is 4.57 Å². The van der Waals surface area contributed by atoms with Gasteiger partial charge in [-0.15, -0.1) is 0 Å². The maximum absolute atomic E-state index is 11.3. The van der Waals surface area contributed by atoms with Gasteiger partial charge in [-0.25, -0.2) is 4.79 Å². The highest BCUT2D eigenvalue weighted by molar-refractivity contribution is 5.70. The van der Waals surface area contributed by atoms with Crippen LogP contribution in [0.2, 0.25) is 0 Å². The third kappa shape index (κ3) is 1.95. The maximum atomic E-state index is 11.3. The first-order valence-electron chi connectivity index (χ1n) is 4.82. The van der Waals surface area contributed by atoms with Gasteiger partial charge in [-0.05, 0) is 19.1 Å². The minimum Gasteiger partial charge on any atom is -0.465 e. The van der Waals surface area contributed by atoms with Crippen LogP contribution in [0.3, 0.4) is 0 Å². The minimum atomic E-state index is -0.668. The second kappa shape index (κ2) is 4.18. The van der Waals surface area contributed by atoms with Crippen LogP contribution in [0.4, 0.5) is 0 Å². The van der Waals surface area contributed by atoms with E-state index in [0.717, 1.165) is 0 Å². The summed E-state index contributed by atoms with van der Waals surface area (Å²) in [4.78, 5) is 25.9. The molecule has 0 N–H and O–H groups in total. The molecule has 0 atom stereocenters. The predicted octanol–water partition coefficient (Wildman–Crippen LogP) is 0.504. The summed E-state index contributed by atoms with van der Waals surface area (Å²) in [6.45, 7) is 2.06. The monoisotopic (exact) mass is 222 g/mol. The third-order valence-electron chi connectivity index (χ3n) is 2.01. The van der Waals surface area contributed by atoms with Gasteiger partial charge >= 0.3 is 11.7 Å². The Morgan fingerprint density at radius 1 is 1.62 bits per heavy atom. The quantitative estimate of drug-likeness (QED) is 0.707. The number of fused-ring (bicyclic) bond motifs is 1. The topological polar surface area (TPSA) is 74.3 Å². The number of ether oxygens (including phenoxy) is 1. The SMILES string of the molecule is CCOC(=O)Cn1cccc2oc(=O)nc1-2. The second-order valence-corrected chi connectivity index (χ2v) is 3.11. The third-order valence-corrected chi connectivity index (χ3v) is 2.01. The molecule has 84 valence electrons. The Bertz CT molecular complexity index is 528. The van der Waals surface area contributed by atoms with E-state index in [2.05, 4.69) is 4.98 Å². The fourth-order valence-corrected chi connectivity index (χ4v) is 1.40. The van der Waals surface area contributed by atoms with Crippen molar-refractivity contribution in [1.29, 1.82) is 0 Å². The van der Waals surface area contributed by atoms with Crippen molar-refractivity contribution in [2.45, 2.75) is 13.5 Å². The first-order valence-corrected chi connectivity index (χ1v) is 4.82. The van der Waals surface area contributed by atoms with E-state index in [4.69, 9.17) is 9.15 Å². The first kappa shape index (κ1) is 10.4. The number of oxazole rings is 1. The summed E-state index contributed by atoms with van der Waals surface area (Å²) in [6, 6.07) is 3.29. The van der Waals surface area contributed by atoms with Crippen molar-refractivity contribution in [3.63, 3.8) is 0 Å². The molecule has 16 heavy (non-hydrogen) atoms. The van der Waals surface area contributed by atoms with Gasteiger partial charge in [0, 0.05) is 6.20 Å². The van der Waals surface area contributed by atoms with Crippen molar-refractivity contribution in [3.05, 3.63) is 28.9 Å². The molecule has 0 radical (unpaired) electrons. The summed E-state index contributed by atoms with van der Waals surface area (Å²) in [6.07, 6.45) is 1.64. The zero-order chi connectivity index (χ0) is 11.5. The van der Waals surface area contributed by atoms with E-state index in [1.807, 2.05) is 0 Å². The van der Waals surface area contributed by atoms with Gasteiger partial charge in [0.2, 0.25) is 0 Å². The van der Waals surface area contributed by atoms with Gasteiger partial charge in [0.25, 0.3) is 0 Å². The minimum absolute atomic E-state index is 0.0111. The number of hydrogen-bond acceptors (Lipinski definition) is 5. The lowest BCUT2D eigenvalue weighted by Gasteiger charge is -2.08. The molecule has 2 heterocycles. The number of hydrogen-bond donors (Lipinski definition) is 0. The van der Waals surface area contributed by atoms with Gasteiger partial charge in [-0.3, -0.25) is 4.79 Å². The van der Waals surface area contributed by atoms with E-state index in [0.29, 0.717) is 18.2 Å². The number of pyridine rings is 1. The van der Waals surface area contributed by atoms with Crippen molar-refractivity contribution in [2.75, 3.05) is 6.61 Å². The Labute approximate surface area is 90.8 Å².